The Morgan fingerprint density at radius 1 is 1.27 bits per heavy atom. The largest absolute Gasteiger partial charge is 0.466 e. The van der Waals surface area contributed by atoms with Gasteiger partial charge in [0.2, 0.25) is 0 Å². The lowest BCUT2D eigenvalue weighted by Crippen LogP contribution is -2.51. The maximum atomic E-state index is 12.0. The zero-order valence-corrected chi connectivity index (χ0v) is 13.6. The van der Waals surface area contributed by atoms with Crippen molar-refractivity contribution < 1.29 is 28.5 Å². The highest BCUT2D eigenvalue weighted by Gasteiger charge is 2.55. The van der Waals surface area contributed by atoms with Crippen molar-refractivity contribution >= 4 is 12.1 Å². The van der Waals surface area contributed by atoms with Crippen LogP contribution in [-0.2, 0) is 23.7 Å². The average Bonchev–Trinajstić information content (AvgIpc) is 2.97. The zero-order valence-electron chi connectivity index (χ0n) is 13.6. The van der Waals surface area contributed by atoms with Gasteiger partial charge in [-0.3, -0.25) is 4.79 Å². The summed E-state index contributed by atoms with van der Waals surface area (Å²) in [5.74, 6) is -1.58. The lowest BCUT2D eigenvalue weighted by Gasteiger charge is -2.30. The number of carbonyl (C=O) groups is 2. The first kappa shape index (κ1) is 17.0. The summed E-state index contributed by atoms with van der Waals surface area (Å²) >= 11 is 0. The zero-order chi connectivity index (χ0) is 16.4. The Morgan fingerprint density at radius 3 is 2.45 bits per heavy atom. The van der Waals surface area contributed by atoms with Crippen LogP contribution in [0.3, 0.4) is 0 Å². The first-order valence-electron chi connectivity index (χ1n) is 7.70. The molecule has 7 nitrogen and oxygen atoms in total. The fourth-order valence-electron chi connectivity index (χ4n) is 2.88. The molecule has 1 unspecified atom stereocenters. The van der Waals surface area contributed by atoms with E-state index in [1.807, 2.05) is 0 Å². The molecule has 7 heteroatoms. The Hall–Kier alpha value is -1.34. The number of hydrogen-bond donors (Lipinski definition) is 1. The summed E-state index contributed by atoms with van der Waals surface area (Å²) in [5.41, 5.74) is -0.590. The normalized spacial score (nSPS) is 26.9. The van der Waals surface area contributed by atoms with E-state index < -0.39 is 23.5 Å². The topological polar surface area (TPSA) is 83.1 Å². The van der Waals surface area contributed by atoms with Crippen LogP contribution in [0.1, 0.15) is 40.5 Å². The molecule has 0 radical (unpaired) electrons. The van der Waals surface area contributed by atoms with E-state index in [-0.39, 0.29) is 11.9 Å². The van der Waals surface area contributed by atoms with Crippen LogP contribution in [0.25, 0.3) is 0 Å². The van der Waals surface area contributed by atoms with Gasteiger partial charge in [0, 0.05) is 6.42 Å². The molecule has 1 N–H and O–H groups in total. The maximum Gasteiger partial charge on any atom is 0.408 e. The highest BCUT2D eigenvalue weighted by Crippen LogP contribution is 2.41. The smallest absolute Gasteiger partial charge is 0.408 e. The van der Waals surface area contributed by atoms with Crippen molar-refractivity contribution in [2.24, 2.45) is 5.92 Å². The fourth-order valence-corrected chi connectivity index (χ4v) is 2.88. The number of carbonyl (C=O) groups excluding carboxylic acids is 2. The van der Waals surface area contributed by atoms with Crippen LogP contribution in [0.15, 0.2) is 0 Å². The van der Waals surface area contributed by atoms with Gasteiger partial charge in [-0.15, -0.1) is 0 Å². The van der Waals surface area contributed by atoms with Gasteiger partial charge in [-0.1, -0.05) is 0 Å². The highest BCUT2D eigenvalue weighted by molar-refractivity contribution is 5.74. The van der Waals surface area contributed by atoms with E-state index in [9.17, 15) is 9.59 Å². The summed E-state index contributed by atoms with van der Waals surface area (Å²) in [6, 6.07) is -0.431. The summed E-state index contributed by atoms with van der Waals surface area (Å²) in [7, 11) is 0. The minimum atomic E-state index is -0.950. The Morgan fingerprint density at radius 2 is 1.91 bits per heavy atom. The van der Waals surface area contributed by atoms with Gasteiger partial charge < -0.3 is 24.3 Å². The van der Waals surface area contributed by atoms with Crippen molar-refractivity contribution in [3.63, 3.8) is 0 Å². The van der Waals surface area contributed by atoms with Crippen LogP contribution in [0.4, 0.5) is 4.79 Å². The van der Waals surface area contributed by atoms with E-state index in [1.165, 1.54) is 0 Å². The number of hydrogen-bond acceptors (Lipinski definition) is 6. The van der Waals surface area contributed by atoms with Gasteiger partial charge in [0.15, 0.2) is 5.79 Å². The molecule has 2 rings (SSSR count). The second-order valence-corrected chi connectivity index (χ2v) is 6.60. The predicted molar refractivity (Wildman–Crippen MR) is 77.1 cm³/mol. The minimum Gasteiger partial charge on any atom is -0.466 e. The molecule has 0 aromatic rings. The van der Waals surface area contributed by atoms with E-state index in [4.69, 9.17) is 18.9 Å². The van der Waals surface area contributed by atoms with Crippen LogP contribution in [-0.4, -0.2) is 49.3 Å². The Kier molecular flexibility index (Phi) is 4.97. The van der Waals surface area contributed by atoms with Gasteiger partial charge in [-0.2, -0.15) is 0 Å². The third kappa shape index (κ3) is 3.89. The van der Waals surface area contributed by atoms with Crippen molar-refractivity contribution in [2.45, 2.75) is 58.0 Å². The van der Waals surface area contributed by atoms with E-state index in [1.54, 1.807) is 27.7 Å². The summed E-state index contributed by atoms with van der Waals surface area (Å²) in [5, 5.41) is 2.78. The molecule has 22 heavy (non-hydrogen) atoms. The lowest BCUT2D eigenvalue weighted by atomic mass is 10.1. The minimum absolute atomic E-state index is 0.283. The monoisotopic (exact) mass is 315 g/mol. The molecule has 0 bridgehead atoms. The second-order valence-electron chi connectivity index (χ2n) is 6.60. The molecule has 126 valence electrons. The van der Waals surface area contributed by atoms with E-state index in [0.717, 1.165) is 0 Å². The molecule has 2 fully saturated rings. The average molecular weight is 315 g/mol. The lowest BCUT2D eigenvalue weighted by molar-refractivity contribution is -0.171. The van der Waals surface area contributed by atoms with E-state index in [0.29, 0.717) is 32.7 Å². The maximum absolute atomic E-state index is 12.0. The van der Waals surface area contributed by atoms with Crippen LogP contribution >= 0.6 is 0 Å². The van der Waals surface area contributed by atoms with Crippen LogP contribution < -0.4 is 5.32 Å². The van der Waals surface area contributed by atoms with Crippen molar-refractivity contribution in [1.82, 2.24) is 5.32 Å². The van der Waals surface area contributed by atoms with E-state index >= 15 is 0 Å². The molecule has 2 aliphatic rings. The molecule has 2 atom stereocenters. The third-order valence-electron chi connectivity index (χ3n) is 3.67. The van der Waals surface area contributed by atoms with Gasteiger partial charge in [0.05, 0.1) is 31.8 Å². The Labute approximate surface area is 130 Å². The Balaban J connectivity index is 2.04. The van der Waals surface area contributed by atoms with Crippen LogP contribution in [0.5, 0.6) is 0 Å². The Bertz CT molecular complexity index is 424. The predicted octanol–water partition coefficient (Wildman–Crippen LogP) is 1.60. The number of rotatable bonds is 3. The number of alkyl carbamates (subject to hydrolysis) is 1. The highest BCUT2D eigenvalue weighted by atomic mass is 16.7. The summed E-state index contributed by atoms with van der Waals surface area (Å²) in [4.78, 5) is 24.0. The van der Waals surface area contributed by atoms with Crippen molar-refractivity contribution in [1.29, 1.82) is 0 Å². The molecule has 1 spiro atoms. The number of nitrogens with one attached hydrogen (secondary N) is 1. The molecule has 1 aliphatic heterocycles. The number of amides is 1. The van der Waals surface area contributed by atoms with Gasteiger partial charge in [0.25, 0.3) is 0 Å². The molecule has 1 heterocycles. The first-order chi connectivity index (χ1) is 10.3. The van der Waals surface area contributed by atoms with E-state index in [2.05, 4.69) is 5.32 Å². The first-order valence-corrected chi connectivity index (χ1v) is 7.70. The summed E-state index contributed by atoms with van der Waals surface area (Å²) < 4.78 is 21.7. The van der Waals surface area contributed by atoms with Gasteiger partial charge in [0.1, 0.15) is 5.60 Å². The van der Waals surface area contributed by atoms with Gasteiger partial charge in [-0.25, -0.2) is 4.79 Å². The van der Waals surface area contributed by atoms with Crippen molar-refractivity contribution in [2.75, 3.05) is 19.8 Å². The van der Waals surface area contributed by atoms with Crippen LogP contribution in [0, 0.1) is 5.92 Å². The van der Waals surface area contributed by atoms with Crippen molar-refractivity contribution in [3.8, 4) is 0 Å². The van der Waals surface area contributed by atoms with Gasteiger partial charge in [-0.05, 0) is 34.1 Å². The molecule has 0 aromatic heterocycles. The van der Waals surface area contributed by atoms with Crippen molar-refractivity contribution in [3.05, 3.63) is 0 Å². The molecule has 1 amide bonds. The van der Waals surface area contributed by atoms with Gasteiger partial charge >= 0.3 is 12.1 Å². The molecule has 1 saturated heterocycles. The quantitative estimate of drug-likeness (QED) is 0.796. The number of esters is 1. The summed E-state index contributed by atoms with van der Waals surface area (Å²) in [6.45, 7) is 8.36. The SMILES string of the molecule is CCOC(=O)C1C[C@H](NC(=O)OC(C)(C)C)C2(C1)OCCO2. The second kappa shape index (κ2) is 6.42. The standard InChI is InChI=1S/C15H25NO6/c1-5-19-12(17)10-8-11(15(9-10)20-6-7-21-15)16-13(18)22-14(2,3)4/h10-11H,5-9H2,1-4H3,(H,16,18)/t10?,11-/m0/s1. The molecular formula is C15H25NO6. The number of ether oxygens (including phenoxy) is 4. The van der Waals surface area contributed by atoms with Crippen LogP contribution in [0.2, 0.25) is 0 Å². The summed E-state index contributed by atoms with van der Waals surface area (Å²) in [6.07, 6.45) is 0.255. The molecule has 0 aromatic carbocycles. The molecule has 1 saturated carbocycles. The molecule has 1 aliphatic carbocycles. The fraction of sp³-hybridized carbons (Fsp3) is 0.867. The molecular weight excluding hydrogens is 290 g/mol. The third-order valence-corrected chi connectivity index (χ3v) is 3.67.